The molecule has 0 spiro atoms. The smallest absolute Gasteiger partial charge is 0.251 e. The first kappa shape index (κ1) is 27.2. The van der Waals surface area contributed by atoms with Crippen molar-refractivity contribution in [2.45, 2.75) is 6.92 Å². The summed E-state index contributed by atoms with van der Waals surface area (Å²) in [5.74, 6) is -0.426. The van der Waals surface area contributed by atoms with Crippen molar-refractivity contribution in [2.75, 3.05) is 12.8 Å². The number of aromatic nitrogens is 2. The Balaban J connectivity index is 0. The van der Waals surface area contributed by atoms with Crippen LogP contribution in [0.5, 0.6) is 0 Å². The van der Waals surface area contributed by atoms with E-state index < -0.39 is 5.91 Å². The van der Waals surface area contributed by atoms with Crippen LogP contribution in [-0.4, -0.2) is 36.5 Å². The molecule has 0 atom stereocenters. The molecule has 0 saturated carbocycles. The van der Waals surface area contributed by atoms with Crippen LogP contribution < -0.4 is 16.8 Å². The number of nitrogens with zero attached hydrogens (tertiary/aromatic N) is 2. The molecule has 0 aliphatic rings. The molecule has 8 nitrogen and oxygen atoms in total. The highest BCUT2D eigenvalue weighted by Crippen LogP contribution is 2.14. The number of hydrogen-bond donors (Lipinski definition) is 3. The second-order valence-electron chi connectivity index (χ2n) is 5.04. The van der Waals surface area contributed by atoms with Gasteiger partial charge in [0.05, 0.1) is 5.56 Å². The third-order valence-corrected chi connectivity index (χ3v) is 3.07. The zero-order valence-corrected chi connectivity index (χ0v) is 16.7. The molecule has 8 heteroatoms. The van der Waals surface area contributed by atoms with Crippen molar-refractivity contribution in [3.05, 3.63) is 78.8 Å². The van der Waals surface area contributed by atoms with Crippen molar-refractivity contribution in [1.82, 2.24) is 15.3 Å². The molecule has 0 saturated heterocycles. The number of hydrogen-bond acceptors (Lipinski definition) is 7. The van der Waals surface area contributed by atoms with Gasteiger partial charge in [-0.05, 0) is 23.9 Å². The molecule has 3 rings (SSSR count). The summed E-state index contributed by atoms with van der Waals surface area (Å²) in [5.41, 5.74) is 11.6. The number of carbonyl (C=O) groups is 3. The van der Waals surface area contributed by atoms with Crippen LogP contribution >= 0.6 is 0 Å². The minimum atomic E-state index is -0.556. The minimum Gasteiger partial charge on any atom is -0.394 e. The van der Waals surface area contributed by atoms with E-state index in [2.05, 4.69) is 71.3 Å². The number of nitrogen functional groups attached to an aromatic ring is 1. The number of nitrogens with two attached hydrogens (primary N) is 2. The molecule has 0 aliphatic heterocycles. The van der Waals surface area contributed by atoms with Crippen LogP contribution in [0.3, 0.4) is 0 Å². The Kier molecular flexibility index (Phi) is 16.2. The second-order valence-corrected chi connectivity index (χ2v) is 5.04. The van der Waals surface area contributed by atoms with Crippen LogP contribution in [0, 0.1) is 6.92 Å². The normalized spacial score (nSPS) is 8.07. The van der Waals surface area contributed by atoms with Crippen LogP contribution in [0.4, 0.5) is 5.95 Å². The summed E-state index contributed by atoms with van der Waals surface area (Å²) in [5, 5.41) is 5.34. The van der Waals surface area contributed by atoms with Gasteiger partial charge in [-0.2, -0.15) is 0 Å². The Morgan fingerprint density at radius 2 is 1.48 bits per heavy atom. The van der Waals surface area contributed by atoms with Gasteiger partial charge < -0.3 is 26.4 Å². The average Bonchev–Trinajstić information content (AvgIpc) is 2.77. The predicted molar refractivity (Wildman–Crippen MR) is 117 cm³/mol. The van der Waals surface area contributed by atoms with Gasteiger partial charge in [-0.25, -0.2) is 9.97 Å². The lowest BCUT2D eigenvalue weighted by Crippen LogP contribution is -2.12. The molecule has 1 amide bonds. The number of nitrogens with one attached hydrogen (secondary N) is 1. The molecule has 0 radical (unpaired) electrons. The highest BCUT2D eigenvalue weighted by Gasteiger charge is 1.98. The Labute approximate surface area is 170 Å². The van der Waals surface area contributed by atoms with Gasteiger partial charge in [0.15, 0.2) is 0 Å². The summed E-state index contributed by atoms with van der Waals surface area (Å²) in [7, 11) is 1.81. The largest absolute Gasteiger partial charge is 0.394 e. The summed E-state index contributed by atoms with van der Waals surface area (Å²) in [6, 6.07) is 14.9. The van der Waals surface area contributed by atoms with E-state index in [1.54, 1.807) is 6.20 Å². The number of rotatable bonds is 2. The minimum absolute atomic E-state index is 0.130. The van der Waals surface area contributed by atoms with E-state index in [1.165, 1.54) is 28.7 Å². The fraction of sp³-hybridized carbons (Fsp3) is 0.0952. The van der Waals surface area contributed by atoms with Gasteiger partial charge in [-0.3, -0.25) is 4.79 Å². The predicted octanol–water partition coefficient (Wildman–Crippen LogP) is 2.29. The fourth-order valence-electron chi connectivity index (χ4n) is 1.77. The van der Waals surface area contributed by atoms with E-state index >= 15 is 0 Å². The number of anilines is 1. The van der Waals surface area contributed by atoms with Crippen LogP contribution in [-0.2, 0) is 9.59 Å². The van der Waals surface area contributed by atoms with Gasteiger partial charge in [-0.1, -0.05) is 54.6 Å². The Morgan fingerprint density at radius 1 is 1.00 bits per heavy atom. The molecule has 5 N–H and O–H groups in total. The topological polar surface area (TPSA) is 141 Å². The number of fused-ring (bicyclic) bond motifs is 1. The van der Waals surface area contributed by atoms with Crippen molar-refractivity contribution in [3.8, 4) is 0 Å². The number of carbonyl (C=O) groups excluding carboxylic acids is 3. The van der Waals surface area contributed by atoms with Crippen molar-refractivity contribution in [1.29, 1.82) is 0 Å². The third-order valence-electron chi connectivity index (χ3n) is 3.07. The molecule has 0 aliphatic carbocycles. The monoisotopic (exact) mass is 397 g/mol. The molecular formula is C21H27N5O3. The summed E-state index contributed by atoms with van der Waals surface area (Å²) < 4.78 is 0. The van der Waals surface area contributed by atoms with Crippen molar-refractivity contribution in [3.63, 3.8) is 0 Å². The summed E-state index contributed by atoms with van der Waals surface area (Å²) in [6.07, 6.45) is 4.19. The van der Waals surface area contributed by atoms with Crippen molar-refractivity contribution < 1.29 is 14.4 Å². The van der Waals surface area contributed by atoms with E-state index in [0.717, 1.165) is 0 Å². The highest BCUT2D eigenvalue weighted by molar-refractivity contribution is 5.92. The standard InChI is InChI=1S/C11H10.C5H6N4O.C3H7N.2CH2O/c1-9-6-7-10-4-2-3-5-11(10)8-9;6-4(10)3-1-8-5(7)9-2-3;1-3-4-2;2*1-2/h2-8H,1H3;1-2H,(H2,6,10)(H2,7,8,9);3-4H,1H2,2H3;2*1H2. The van der Waals surface area contributed by atoms with Crippen molar-refractivity contribution in [2.24, 2.45) is 5.73 Å². The van der Waals surface area contributed by atoms with E-state index in [-0.39, 0.29) is 11.5 Å². The molecule has 1 aromatic heterocycles. The molecule has 1 heterocycles. The van der Waals surface area contributed by atoms with Crippen LogP contribution in [0.15, 0.2) is 67.6 Å². The van der Waals surface area contributed by atoms with E-state index in [1.807, 2.05) is 20.6 Å². The maximum Gasteiger partial charge on any atom is 0.251 e. The SMILES string of the molecule is C=CNC.C=O.C=O.Cc1ccc2ccccc2c1.NC(=O)c1cnc(N)nc1. The van der Waals surface area contributed by atoms with Gasteiger partial charge in [0.25, 0.3) is 5.91 Å². The first-order valence-electron chi connectivity index (χ1n) is 8.16. The molecule has 2 aromatic carbocycles. The van der Waals surface area contributed by atoms with Crippen LogP contribution in [0.25, 0.3) is 10.8 Å². The van der Waals surface area contributed by atoms with Gasteiger partial charge in [-0.15, -0.1) is 0 Å². The Hall–Kier alpha value is -4.07. The summed E-state index contributed by atoms with van der Waals surface area (Å²) >= 11 is 0. The number of amides is 1. The Bertz CT molecular complexity index is 852. The lowest BCUT2D eigenvalue weighted by atomic mass is 10.1. The Morgan fingerprint density at radius 3 is 1.93 bits per heavy atom. The van der Waals surface area contributed by atoms with E-state index in [4.69, 9.17) is 21.1 Å². The van der Waals surface area contributed by atoms with Crippen LogP contribution in [0.1, 0.15) is 15.9 Å². The van der Waals surface area contributed by atoms with E-state index in [0.29, 0.717) is 0 Å². The highest BCUT2D eigenvalue weighted by atomic mass is 16.1. The number of benzene rings is 2. The maximum absolute atomic E-state index is 10.4. The molecule has 3 aromatic rings. The first-order chi connectivity index (χ1) is 14.0. The lowest BCUT2D eigenvalue weighted by molar-refractivity contribution is -0.0987. The van der Waals surface area contributed by atoms with Gasteiger partial charge >= 0.3 is 0 Å². The van der Waals surface area contributed by atoms with Gasteiger partial charge in [0.2, 0.25) is 5.95 Å². The molecule has 154 valence electrons. The summed E-state index contributed by atoms with van der Waals surface area (Å²) in [4.78, 5) is 33.5. The van der Waals surface area contributed by atoms with Gasteiger partial charge in [0.1, 0.15) is 13.6 Å². The molecule has 0 unspecified atom stereocenters. The zero-order chi connectivity index (χ0) is 22.7. The zero-order valence-electron chi connectivity index (χ0n) is 16.7. The molecule has 0 fully saturated rings. The summed E-state index contributed by atoms with van der Waals surface area (Å²) in [6.45, 7) is 9.49. The molecule has 29 heavy (non-hydrogen) atoms. The third kappa shape index (κ3) is 12.0. The molecular weight excluding hydrogens is 370 g/mol. The fourth-order valence-corrected chi connectivity index (χ4v) is 1.77. The molecule has 0 bridgehead atoms. The second kappa shape index (κ2) is 17.3. The quantitative estimate of drug-likeness (QED) is 0.602. The van der Waals surface area contributed by atoms with E-state index in [9.17, 15) is 4.79 Å². The maximum atomic E-state index is 10.4. The number of primary amides is 1. The average molecular weight is 397 g/mol. The van der Waals surface area contributed by atoms with Crippen LogP contribution in [0.2, 0.25) is 0 Å². The van der Waals surface area contributed by atoms with Gasteiger partial charge in [0, 0.05) is 19.4 Å². The number of aryl methyl sites for hydroxylation is 1. The first-order valence-corrected chi connectivity index (χ1v) is 8.16. The van der Waals surface area contributed by atoms with Crippen molar-refractivity contribution >= 4 is 36.2 Å². The lowest BCUT2D eigenvalue weighted by Gasteiger charge is -1.96.